The molecule has 0 amide bonds. The summed E-state index contributed by atoms with van der Waals surface area (Å²) in [5.41, 5.74) is 0. The van der Waals surface area contributed by atoms with Crippen molar-refractivity contribution in [1.29, 1.82) is 0 Å². The Morgan fingerprint density at radius 2 is 2.24 bits per heavy atom. The van der Waals surface area contributed by atoms with Crippen LogP contribution in [-0.2, 0) is 10.0 Å². The second-order valence-electron chi connectivity index (χ2n) is 5.04. The SMILES string of the molecule is CCN(CC1CCCN1)S(=O)(=O)c1cc(Br)ccc1OC. The molecule has 1 atom stereocenters. The number of sulfonamides is 1. The first-order valence-electron chi connectivity index (χ1n) is 7.06. The van der Waals surface area contributed by atoms with Gasteiger partial charge in [0.05, 0.1) is 7.11 Å². The van der Waals surface area contributed by atoms with Gasteiger partial charge in [-0.1, -0.05) is 22.9 Å². The van der Waals surface area contributed by atoms with E-state index < -0.39 is 10.0 Å². The van der Waals surface area contributed by atoms with Gasteiger partial charge in [0, 0.05) is 23.6 Å². The standard InChI is InChI=1S/C14H21BrN2O3S/c1-3-17(10-12-5-4-8-16-12)21(18,19)14-9-11(15)6-7-13(14)20-2/h6-7,9,12,16H,3-5,8,10H2,1-2H3. The van der Waals surface area contributed by atoms with Gasteiger partial charge in [-0.2, -0.15) is 4.31 Å². The molecule has 7 heteroatoms. The van der Waals surface area contributed by atoms with E-state index in [2.05, 4.69) is 21.2 Å². The van der Waals surface area contributed by atoms with Crippen molar-refractivity contribution in [2.75, 3.05) is 26.7 Å². The summed E-state index contributed by atoms with van der Waals surface area (Å²) in [4.78, 5) is 0.208. The molecule has 2 rings (SSSR count). The van der Waals surface area contributed by atoms with Crippen LogP contribution in [0.25, 0.3) is 0 Å². The highest BCUT2D eigenvalue weighted by Crippen LogP contribution is 2.30. The van der Waals surface area contributed by atoms with Crippen LogP contribution in [0, 0.1) is 0 Å². The van der Waals surface area contributed by atoms with E-state index in [1.54, 1.807) is 18.2 Å². The Morgan fingerprint density at radius 3 is 2.81 bits per heavy atom. The highest BCUT2D eigenvalue weighted by Gasteiger charge is 2.29. The fourth-order valence-electron chi connectivity index (χ4n) is 2.55. The van der Waals surface area contributed by atoms with Crippen molar-refractivity contribution in [2.24, 2.45) is 0 Å². The number of hydrogen-bond acceptors (Lipinski definition) is 4. The van der Waals surface area contributed by atoms with Crippen LogP contribution in [0.1, 0.15) is 19.8 Å². The van der Waals surface area contributed by atoms with E-state index in [0.717, 1.165) is 23.9 Å². The number of ether oxygens (including phenoxy) is 1. The van der Waals surface area contributed by atoms with Crippen LogP contribution in [0.15, 0.2) is 27.6 Å². The fourth-order valence-corrected chi connectivity index (χ4v) is 4.74. The number of nitrogens with zero attached hydrogens (tertiary/aromatic N) is 1. The molecule has 1 heterocycles. The smallest absolute Gasteiger partial charge is 0.246 e. The van der Waals surface area contributed by atoms with Gasteiger partial charge in [-0.15, -0.1) is 0 Å². The molecule has 0 saturated carbocycles. The second kappa shape index (κ2) is 7.09. The molecule has 1 N–H and O–H groups in total. The Balaban J connectivity index is 2.32. The quantitative estimate of drug-likeness (QED) is 0.826. The van der Waals surface area contributed by atoms with Crippen LogP contribution in [0.5, 0.6) is 5.75 Å². The Bertz CT molecular complexity index is 586. The average Bonchev–Trinajstić information content (AvgIpc) is 2.97. The maximum Gasteiger partial charge on any atom is 0.246 e. The molecule has 1 saturated heterocycles. The fraction of sp³-hybridized carbons (Fsp3) is 0.571. The van der Waals surface area contributed by atoms with Gasteiger partial charge < -0.3 is 10.1 Å². The lowest BCUT2D eigenvalue weighted by Gasteiger charge is -2.24. The monoisotopic (exact) mass is 376 g/mol. The molecule has 118 valence electrons. The first kappa shape index (κ1) is 16.7. The third-order valence-electron chi connectivity index (χ3n) is 3.68. The summed E-state index contributed by atoms with van der Waals surface area (Å²) in [6.45, 7) is 3.75. The van der Waals surface area contributed by atoms with Gasteiger partial charge in [0.2, 0.25) is 10.0 Å². The lowest BCUT2D eigenvalue weighted by atomic mass is 10.2. The second-order valence-corrected chi connectivity index (χ2v) is 7.87. The van der Waals surface area contributed by atoms with Crippen molar-refractivity contribution in [3.8, 4) is 5.75 Å². The third kappa shape index (κ3) is 3.77. The lowest BCUT2D eigenvalue weighted by Crippen LogP contribution is -2.41. The van der Waals surface area contributed by atoms with Crippen molar-refractivity contribution in [3.63, 3.8) is 0 Å². The van der Waals surface area contributed by atoms with Gasteiger partial charge in [-0.05, 0) is 37.6 Å². The lowest BCUT2D eigenvalue weighted by molar-refractivity contribution is 0.373. The molecular formula is C14H21BrN2O3S. The van der Waals surface area contributed by atoms with E-state index in [9.17, 15) is 8.42 Å². The number of methoxy groups -OCH3 is 1. The molecule has 0 bridgehead atoms. The topological polar surface area (TPSA) is 58.6 Å². The number of benzene rings is 1. The van der Waals surface area contributed by atoms with Crippen LogP contribution < -0.4 is 10.1 Å². The van der Waals surface area contributed by atoms with E-state index in [-0.39, 0.29) is 10.9 Å². The first-order valence-corrected chi connectivity index (χ1v) is 9.29. The molecule has 1 aliphatic heterocycles. The summed E-state index contributed by atoms with van der Waals surface area (Å²) in [5, 5.41) is 3.34. The Morgan fingerprint density at radius 1 is 1.48 bits per heavy atom. The first-order chi connectivity index (χ1) is 9.98. The minimum absolute atomic E-state index is 0.208. The van der Waals surface area contributed by atoms with Gasteiger partial charge in [0.15, 0.2) is 0 Å². The zero-order chi connectivity index (χ0) is 15.5. The van der Waals surface area contributed by atoms with E-state index in [4.69, 9.17) is 4.74 Å². The molecule has 0 aromatic heterocycles. The molecular weight excluding hydrogens is 356 g/mol. The van der Waals surface area contributed by atoms with Gasteiger partial charge in [-0.25, -0.2) is 8.42 Å². The summed E-state index contributed by atoms with van der Waals surface area (Å²) in [7, 11) is -2.08. The van der Waals surface area contributed by atoms with Crippen LogP contribution in [0.3, 0.4) is 0 Å². The summed E-state index contributed by atoms with van der Waals surface area (Å²) in [6, 6.07) is 5.27. The Kier molecular flexibility index (Phi) is 5.65. The molecule has 0 aliphatic carbocycles. The number of likely N-dealkylation sites (N-methyl/N-ethyl adjacent to an activating group) is 1. The molecule has 1 aromatic rings. The largest absolute Gasteiger partial charge is 0.495 e. The number of halogens is 1. The molecule has 1 aromatic carbocycles. The highest BCUT2D eigenvalue weighted by atomic mass is 79.9. The summed E-state index contributed by atoms with van der Waals surface area (Å²) < 4.78 is 33.2. The van der Waals surface area contributed by atoms with Gasteiger partial charge in [-0.3, -0.25) is 0 Å². The van der Waals surface area contributed by atoms with Crippen LogP contribution in [0.2, 0.25) is 0 Å². The molecule has 21 heavy (non-hydrogen) atoms. The van der Waals surface area contributed by atoms with E-state index >= 15 is 0 Å². The molecule has 5 nitrogen and oxygen atoms in total. The molecule has 0 spiro atoms. The van der Waals surface area contributed by atoms with Crippen molar-refractivity contribution < 1.29 is 13.2 Å². The predicted molar refractivity (Wildman–Crippen MR) is 86.2 cm³/mol. The normalized spacial score (nSPS) is 19.1. The summed E-state index contributed by atoms with van der Waals surface area (Å²) >= 11 is 3.33. The van der Waals surface area contributed by atoms with E-state index in [1.807, 2.05) is 6.92 Å². The highest BCUT2D eigenvalue weighted by molar-refractivity contribution is 9.10. The zero-order valence-corrected chi connectivity index (χ0v) is 14.7. The van der Waals surface area contributed by atoms with Crippen LogP contribution >= 0.6 is 15.9 Å². The zero-order valence-electron chi connectivity index (χ0n) is 12.3. The van der Waals surface area contributed by atoms with Crippen molar-refractivity contribution in [1.82, 2.24) is 9.62 Å². The van der Waals surface area contributed by atoms with Crippen LogP contribution in [0.4, 0.5) is 0 Å². The Hall–Kier alpha value is -0.630. The molecule has 0 radical (unpaired) electrons. The van der Waals surface area contributed by atoms with Crippen LogP contribution in [-0.4, -0.2) is 45.5 Å². The van der Waals surface area contributed by atoms with Gasteiger partial charge >= 0.3 is 0 Å². The number of rotatable bonds is 6. The predicted octanol–water partition coefficient (Wildman–Crippen LogP) is 2.22. The van der Waals surface area contributed by atoms with Crippen molar-refractivity contribution in [3.05, 3.63) is 22.7 Å². The van der Waals surface area contributed by atoms with E-state index in [1.165, 1.54) is 11.4 Å². The molecule has 1 unspecified atom stereocenters. The van der Waals surface area contributed by atoms with E-state index in [0.29, 0.717) is 18.8 Å². The van der Waals surface area contributed by atoms with Gasteiger partial charge in [0.25, 0.3) is 0 Å². The average molecular weight is 377 g/mol. The minimum atomic E-state index is -3.57. The number of hydrogen-bond donors (Lipinski definition) is 1. The maximum absolute atomic E-state index is 12.9. The maximum atomic E-state index is 12.9. The van der Waals surface area contributed by atoms with Gasteiger partial charge in [0.1, 0.15) is 10.6 Å². The molecule has 1 fully saturated rings. The summed E-state index contributed by atoms with van der Waals surface area (Å²) in [5.74, 6) is 0.371. The molecule has 1 aliphatic rings. The van der Waals surface area contributed by atoms with Crippen molar-refractivity contribution in [2.45, 2.75) is 30.7 Å². The Labute approximate surface area is 134 Å². The third-order valence-corrected chi connectivity index (χ3v) is 6.14. The van der Waals surface area contributed by atoms with Crippen molar-refractivity contribution >= 4 is 26.0 Å². The minimum Gasteiger partial charge on any atom is -0.495 e. The number of nitrogens with one attached hydrogen (secondary N) is 1. The summed E-state index contributed by atoms with van der Waals surface area (Å²) in [6.07, 6.45) is 2.12.